The van der Waals surface area contributed by atoms with E-state index in [-0.39, 0.29) is 21.8 Å². The zero-order valence-electron chi connectivity index (χ0n) is 16.5. The Labute approximate surface area is 182 Å². The molecule has 0 aliphatic carbocycles. The number of aromatic carboxylic acids is 1. The highest BCUT2D eigenvalue weighted by Gasteiger charge is 2.29. The van der Waals surface area contributed by atoms with Crippen LogP contribution < -0.4 is 9.04 Å². The number of anilines is 1. The zero-order valence-corrected chi connectivity index (χ0v) is 18.1. The summed E-state index contributed by atoms with van der Waals surface area (Å²) in [6.07, 6.45) is 3.18. The SMILES string of the molecule is Cc1nc2ccsc2c(N(C)S(=O)(=O)c2ccc(Oc3ccncc3)cc2)c1C(=O)O. The number of fused-ring (bicyclic) bond motifs is 1. The molecule has 8 nitrogen and oxygen atoms in total. The first-order valence-electron chi connectivity index (χ1n) is 9.07. The van der Waals surface area contributed by atoms with Gasteiger partial charge in [-0.05, 0) is 54.8 Å². The van der Waals surface area contributed by atoms with Crippen molar-refractivity contribution in [2.45, 2.75) is 11.8 Å². The molecule has 4 aromatic rings. The van der Waals surface area contributed by atoms with E-state index in [1.807, 2.05) is 0 Å². The van der Waals surface area contributed by atoms with E-state index in [2.05, 4.69) is 9.97 Å². The van der Waals surface area contributed by atoms with Crippen LogP contribution in [0.15, 0.2) is 65.1 Å². The predicted octanol–water partition coefficient (Wildman–Crippen LogP) is 4.32. The Balaban J connectivity index is 1.74. The van der Waals surface area contributed by atoms with Crippen LogP contribution in [0.25, 0.3) is 10.2 Å². The molecule has 0 spiro atoms. The molecule has 0 unspecified atom stereocenters. The van der Waals surface area contributed by atoms with Gasteiger partial charge in [-0.25, -0.2) is 13.2 Å². The van der Waals surface area contributed by atoms with Crippen molar-refractivity contribution in [1.29, 1.82) is 0 Å². The first-order valence-corrected chi connectivity index (χ1v) is 11.4. The van der Waals surface area contributed by atoms with Gasteiger partial charge in [0.2, 0.25) is 0 Å². The number of nitrogens with zero attached hydrogens (tertiary/aromatic N) is 3. The van der Waals surface area contributed by atoms with Gasteiger partial charge >= 0.3 is 5.97 Å². The molecule has 0 saturated carbocycles. The van der Waals surface area contributed by atoms with E-state index >= 15 is 0 Å². The number of ether oxygens (including phenoxy) is 1. The van der Waals surface area contributed by atoms with Crippen molar-refractivity contribution in [2.24, 2.45) is 0 Å². The van der Waals surface area contributed by atoms with Gasteiger partial charge in [-0.3, -0.25) is 14.3 Å². The molecule has 0 aliphatic heterocycles. The van der Waals surface area contributed by atoms with E-state index in [4.69, 9.17) is 4.74 Å². The first-order chi connectivity index (χ1) is 14.8. The van der Waals surface area contributed by atoms with Crippen molar-refractivity contribution in [3.8, 4) is 11.5 Å². The van der Waals surface area contributed by atoms with Crippen LogP contribution in [0.5, 0.6) is 11.5 Å². The van der Waals surface area contributed by atoms with Crippen LogP contribution in [0.2, 0.25) is 0 Å². The van der Waals surface area contributed by atoms with Crippen LogP contribution in [-0.2, 0) is 10.0 Å². The zero-order chi connectivity index (χ0) is 22.2. The monoisotopic (exact) mass is 455 g/mol. The first kappa shape index (κ1) is 20.8. The second kappa shape index (κ2) is 7.97. The maximum atomic E-state index is 13.3. The normalized spacial score (nSPS) is 11.4. The van der Waals surface area contributed by atoms with Gasteiger partial charge in [-0.1, -0.05) is 0 Å². The smallest absolute Gasteiger partial charge is 0.339 e. The molecule has 0 fully saturated rings. The molecule has 0 aliphatic rings. The quantitative estimate of drug-likeness (QED) is 0.461. The maximum Gasteiger partial charge on any atom is 0.339 e. The number of aryl methyl sites for hydroxylation is 1. The highest BCUT2D eigenvalue weighted by molar-refractivity contribution is 7.92. The molecule has 4 rings (SSSR count). The second-order valence-electron chi connectivity index (χ2n) is 6.59. The van der Waals surface area contributed by atoms with Crippen LogP contribution >= 0.6 is 11.3 Å². The molecule has 3 heterocycles. The van der Waals surface area contributed by atoms with E-state index in [1.165, 1.54) is 42.6 Å². The van der Waals surface area contributed by atoms with Crippen molar-refractivity contribution in [2.75, 3.05) is 11.4 Å². The highest BCUT2D eigenvalue weighted by atomic mass is 32.2. The molecular weight excluding hydrogens is 438 g/mol. The minimum absolute atomic E-state index is 0.00703. The third kappa shape index (κ3) is 3.82. The Morgan fingerprint density at radius 2 is 1.71 bits per heavy atom. The largest absolute Gasteiger partial charge is 0.478 e. The molecule has 158 valence electrons. The highest BCUT2D eigenvalue weighted by Crippen LogP contribution is 2.37. The number of carboxylic acid groups (broad SMARTS) is 1. The predicted molar refractivity (Wildman–Crippen MR) is 118 cm³/mol. The van der Waals surface area contributed by atoms with Gasteiger partial charge < -0.3 is 9.84 Å². The summed E-state index contributed by atoms with van der Waals surface area (Å²) in [5, 5.41) is 11.5. The van der Waals surface area contributed by atoms with E-state index < -0.39 is 16.0 Å². The van der Waals surface area contributed by atoms with Gasteiger partial charge in [0, 0.05) is 19.4 Å². The van der Waals surface area contributed by atoms with Gasteiger partial charge in [-0.15, -0.1) is 11.3 Å². The molecule has 10 heteroatoms. The molecule has 0 saturated heterocycles. The van der Waals surface area contributed by atoms with Crippen LogP contribution in [0.3, 0.4) is 0 Å². The molecule has 1 N–H and O–H groups in total. The van der Waals surface area contributed by atoms with Gasteiger partial charge in [0.05, 0.1) is 26.5 Å². The number of aromatic nitrogens is 2. The van der Waals surface area contributed by atoms with Crippen molar-refractivity contribution < 1.29 is 23.1 Å². The summed E-state index contributed by atoms with van der Waals surface area (Å²) < 4.78 is 33.8. The molecule has 0 radical (unpaired) electrons. The third-order valence-electron chi connectivity index (χ3n) is 4.64. The number of sulfonamides is 1. The Kier molecular flexibility index (Phi) is 5.34. The molecule has 31 heavy (non-hydrogen) atoms. The van der Waals surface area contributed by atoms with Gasteiger partial charge in [0.25, 0.3) is 10.0 Å². The van der Waals surface area contributed by atoms with Gasteiger partial charge in [-0.2, -0.15) is 0 Å². The molecule has 0 bridgehead atoms. The molecule has 1 aromatic carbocycles. The standard InChI is InChI=1S/C21H17N3O5S2/c1-13-18(21(25)26)19(20-17(23-13)9-12-30-20)24(2)31(27,28)16-5-3-14(4-6-16)29-15-7-10-22-11-8-15/h3-12H,1-2H3,(H,25,26). The lowest BCUT2D eigenvalue weighted by molar-refractivity contribution is 0.0696. The van der Waals surface area contributed by atoms with Crippen molar-refractivity contribution >= 4 is 43.2 Å². The second-order valence-corrected chi connectivity index (χ2v) is 9.48. The van der Waals surface area contributed by atoms with E-state index in [0.29, 0.717) is 21.7 Å². The van der Waals surface area contributed by atoms with Gasteiger partial charge in [0.15, 0.2) is 0 Å². The topological polar surface area (TPSA) is 110 Å². The maximum absolute atomic E-state index is 13.3. The Morgan fingerprint density at radius 3 is 2.35 bits per heavy atom. The summed E-state index contributed by atoms with van der Waals surface area (Å²) in [4.78, 5) is 20.1. The summed E-state index contributed by atoms with van der Waals surface area (Å²) in [6, 6.07) is 11.0. The van der Waals surface area contributed by atoms with Crippen LogP contribution in [0, 0.1) is 6.92 Å². The summed E-state index contributed by atoms with van der Waals surface area (Å²) in [6.45, 7) is 1.55. The number of benzene rings is 1. The average molecular weight is 456 g/mol. The number of carbonyl (C=O) groups is 1. The Bertz CT molecular complexity index is 1370. The summed E-state index contributed by atoms with van der Waals surface area (Å²) >= 11 is 1.24. The van der Waals surface area contributed by atoms with Crippen LogP contribution in [-0.4, -0.2) is 36.5 Å². The fraction of sp³-hybridized carbons (Fsp3) is 0.0952. The number of rotatable bonds is 6. The van der Waals surface area contributed by atoms with E-state index in [1.54, 1.807) is 42.9 Å². The average Bonchev–Trinajstić information content (AvgIpc) is 3.21. The minimum atomic E-state index is -4.04. The fourth-order valence-electron chi connectivity index (χ4n) is 3.15. The summed E-state index contributed by atoms with van der Waals surface area (Å²) in [5.74, 6) is -0.209. The van der Waals surface area contributed by atoms with E-state index in [0.717, 1.165) is 4.31 Å². The lowest BCUT2D eigenvalue weighted by atomic mass is 10.1. The van der Waals surface area contributed by atoms with E-state index in [9.17, 15) is 18.3 Å². The summed E-state index contributed by atoms with van der Waals surface area (Å²) in [7, 11) is -2.70. The molecular formula is C21H17N3O5S2. The summed E-state index contributed by atoms with van der Waals surface area (Å²) in [5.41, 5.74) is 0.753. The number of pyridine rings is 2. The molecule has 3 aromatic heterocycles. The minimum Gasteiger partial charge on any atom is -0.478 e. The van der Waals surface area contributed by atoms with Crippen LogP contribution in [0.4, 0.5) is 5.69 Å². The number of hydrogen-bond acceptors (Lipinski definition) is 7. The van der Waals surface area contributed by atoms with Crippen LogP contribution in [0.1, 0.15) is 16.1 Å². The van der Waals surface area contributed by atoms with Crippen molar-refractivity contribution in [3.05, 3.63) is 71.5 Å². The Morgan fingerprint density at radius 1 is 1.06 bits per heavy atom. The number of hydrogen-bond donors (Lipinski definition) is 1. The molecule has 0 atom stereocenters. The lowest BCUT2D eigenvalue weighted by Crippen LogP contribution is -2.28. The molecule has 0 amide bonds. The third-order valence-corrected chi connectivity index (χ3v) is 7.32. The number of thiophene rings is 1. The number of carboxylic acids is 1. The lowest BCUT2D eigenvalue weighted by Gasteiger charge is -2.23. The fourth-order valence-corrected chi connectivity index (χ4v) is 5.34. The van der Waals surface area contributed by atoms with Gasteiger partial charge in [0.1, 0.15) is 17.1 Å². The van der Waals surface area contributed by atoms with Crippen molar-refractivity contribution in [3.63, 3.8) is 0 Å². The van der Waals surface area contributed by atoms with Crippen molar-refractivity contribution in [1.82, 2.24) is 9.97 Å². The Hall–Kier alpha value is -3.50.